The number of likely N-dealkylation sites (N-methyl/N-ethyl adjacent to an activating group) is 1. The van der Waals surface area contributed by atoms with Crippen molar-refractivity contribution in [3.8, 4) is 0 Å². The van der Waals surface area contributed by atoms with Crippen LogP contribution in [0.1, 0.15) is 13.3 Å². The highest BCUT2D eigenvalue weighted by molar-refractivity contribution is 5.78. The van der Waals surface area contributed by atoms with Crippen molar-refractivity contribution in [2.45, 2.75) is 19.9 Å². The maximum atomic E-state index is 12.5. The monoisotopic (exact) mass is 371 g/mol. The molecule has 0 saturated carbocycles. The van der Waals surface area contributed by atoms with Gasteiger partial charge in [0.1, 0.15) is 0 Å². The van der Waals surface area contributed by atoms with E-state index in [4.69, 9.17) is 0 Å². The molecule has 144 valence electrons. The van der Waals surface area contributed by atoms with E-state index in [1.54, 1.807) is 23.1 Å². The summed E-state index contributed by atoms with van der Waals surface area (Å²) in [7, 11) is 0. The fourth-order valence-electron chi connectivity index (χ4n) is 3.25. The smallest absolute Gasteiger partial charge is 0.261 e. The Labute approximate surface area is 157 Å². The summed E-state index contributed by atoms with van der Waals surface area (Å²) in [5.41, 5.74) is 0.536. The van der Waals surface area contributed by atoms with E-state index in [0.29, 0.717) is 56.7 Å². The molecule has 0 spiro atoms. The molecule has 1 aromatic carbocycles. The number of carbonyl (C=O) groups excluding carboxylic acids is 2. The molecule has 3 rings (SSSR count). The van der Waals surface area contributed by atoms with Gasteiger partial charge < -0.3 is 10.2 Å². The van der Waals surface area contributed by atoms with Crippen molar-refractivity contribution in [2.24, 2.45) is 0 Å². The van der Waals surface area contributed by atoms with E-state index in [0.717, 1.165) is 0 Å². The number of amides is 2. The number of benzene rings is 1. The number of nitrogens with one attached hydrogen (secondary N) is 1. The third-order valence-electron chi connectivity index (χ3n) is 4.76. The molecule has 0 bridgehead atoms. The zero-order chi connectivity index (χ0) is 19.2. The molecule has 1 saturated heterocycles. The molecule has 8 heteroatoms. The van der Waals surface area contributed by atoms with Crippen LogP contribution in [0.25, 0.3) is 10.9 Å². The van der Waals surface area contributed by atoms with Crippen LogP contribution >= 0.6 is 0 Å². The lowest BCUT2D eigenvalue weighted by molar-refractivity contribution is -0.133. The van der Waals surface area contributed by atoms with E-state index in [9.17, 15) is 14.4 Å². The minimum Gasteiger partial charge on any atom is -0.355 e. The van der Waals surface area contributed by atoms with Gasteiger partial charge in [0, 0.05) is 45.7 Å². The second-order valence-corrected chi connectivity index (χ2v) is 6.62. The van der Waals surface area contributed by atoms with E-state index in [1.807, 2.05) is 17.9 Å². The standard InChI is InChI=1S/C19H25N5O3/c1-2-20-17(25)13-22-9-11-23(12-10-22)18(26)7-8-24-14-21-16-6-4-3-5-15(16)19(24)27/h3-6,14H,2,7-13H2,1H3,(H,20,25). The summed E-state index contributed by atoms with van der Waals surface area (Å²) in [5.74, 6) is 0.0353. The van der Waals surface area contributed by atoms with E-state index in [-0.39, 0.29) is 23.8 Å². The normalized spacial score (nSPS) is 15.1. The summed E-state index contributed by atoms with van der Waals surface area (Å²) in [4.78, 5) is 44.7. The zero-order valence-corrected chi connectivity index (χ0v) is 15.6. The second kappa shape index (κ2) is 8.77. The van der Waals surface area contributed by atoms with Crippen molar-refractivity contribution in [3.63, 3.8) is 0 Å². The Balaban J connectivity index is 1.51. The Morgan fingerprint density at radius 1 is 1.15 bits per heavy atom. The molecule has 0 unspecified atom stereocenters. The number of rotatable bonds is 6. The minimum absolute atomic E-state index is 0.0143. The molecule has 27 heavy (non-hydrogen) atoms. The highest BCUT2D eigenvalue weighted by Crippen LogP contribution is 2.07. The van der Waals surface area contributed by atoms with Gasteiger partial charge in [-0.05, 0) is 19.1 Å². The zero-order valence-electron chi connectivity index (χ0n) is 15.6. The van der Waals surface area contributed by atoms with Gasteiger partial charge in [-0.25, -0.2) is 4.98 Å². The Hall–Kier alpha value is -2.74. The number of carbonyl (C=O) groups is 2. The van der Waals surface area contributed by atoms with Crippen LogP contribution in [0.2, 0.25) is 0 Å². The third kappa shape index (κ3) is 4.71. The van der Waals surface area contributed by atoms with Crippen LogP contribution in [0.4, 0.5) is 0 Å². The number of fused-ring (bicyclic) bond motifs is 1. The van der Waals surface area contributed by atoms with E-state index in [2.05, 4.69) is 10.3 Å². The lowest BCUT2D eigenvalue weighted by atomic mass is 10.2. The number of aryl methyl sites for hydroxylation is 1. The Morgan fingerprint density at radius 3 is 2.63 bits per heavy atom. The van der Waals surface area contributed by atoms with E-state index < -0.39 is 0 Å². The molecule has 2 aromatic rings. The summed E-state index contributed by atoms with van der Waals surface area (Å²) in [5, 5.41) is 3.35. The van der Waals surface area contributed by atoms with Crippen LogP contribution in [0, 0.1) is 0 Å². The first-order valence-electron chi connectivity index (χ1n) is 9.29. The Kier molecular flexibility index (Phi) is 6.18. The van der Waals surface area contributed by atoms with Crippen molar-refractivity contribution in [3.05, 3.63) is 40.9 Å². The van der Waals surface area contributed by atoms with Gasteiger partial charge in [0.15, 0.2) is 0 Å². The number of piperazine rings is 1. The first-order valence-corrected chi connectivity index (χ1v) is 9.29. The fourth-order valence-corrected chi connectivity index (χ4v) is 3.25. The van der Waals surface area contributed by atoms with Crippen molar-refractivity contribution < 1.29 is 9.59 Å². The average Bonchev–Trinajstić information content (AvgIpc) is 2.68. The Morgan fingerprint density at radius 2 is 1.89 bits per heavy atom. The number of aromatic nitrogens is 2. The maximum absolute atomic E-state index is 12.5. The van der Waals surface area contributed by atoms with Gasteiger partial charge in [0.2, 0.25) is 11.8 Å². The molecule has 0 atom stereocenters. The largest absolute Gasteiger partial charge is 0.355 e. The number of hydrogen-bond donors (Lipinski definition) is 1. The van der Waals surface area contributed by atoms with E-state index >= 15 is 0 Å². The number of hydrogen-bond acceptors (Lipinski definition) is 5. The summed E-state index contributed by atoms with van der Waals surface area (Å²) in [6.45, 7) is 5.76. The molecular weight excluding hydrogens is 346 g/mol. The molecule has 1 aliphatic rings. The van der Waals surface area contributed by atoms with Crippen LogP contribution < -0.4 is 10.9 Å². The quantitative estimate of drug-likeness (QED) is 0.776. The van der Waals surface area contributed by atoms with Gasteiger partial charge in [-0.3, -0.25) is 23.9 Å². The number of para-hydroxylation sites is 1. The first-order chi connectivity index (χ1) is 13.1. The summed E-state index contributed by atoms with van der Waals surface area (Å²) < 4.78 is 1.49. The second-order valence-electron chi connectivity index (χ2n) is 6.62. The van der Waals surface area contributed by atoms with Crippen LogP contribution in [0.3, 0.4) is 0 Å². The minimum atomic E-state index is -0.125. The lowest BCUT2D eigenvalue weighted by Gasteiger charge is -2.34. The van der Waals surface area contributed by atoms with Crippen molar-refractivity contribution in [2.75, 3.05) is 39.3 Å². The van der Waals surface area contributed by atoms with Gasteiger partial charge in [-0.2, -0.15) is 0 Å². The molecule has 1 fully saturated rings. The van der Waals surface area contributed by atoms with Crippen molar-refractivity contribution >= 4 is 22.7 Å². The summed E-state index contributed by atoms with van der Waals surface area (Å²) in [6, 6.07) is 7.19. The highest BCUT2D eigenvalue weighted by atomic mass is 16.2. The Bertz CT molecular complexity index is 871. The van der Waals surface area contributed by atoms with Crippen LogP contribution in [0.5, 0.6) is 0 Å². The SMILES string of the molecule is CCNC(=O)CN1CCN(C(=O)CCn2cnc3ccccc3c2=O)CC1. The van der Waals surface area contributed by atoms with Gasteiger partial charge in [-0.15, -0.1) is 0 Å². The maximum Gasteiger partial charge on any atom is 0.261 e. The molecule has 0 radical (unpaired) electrons. The molecule has 2 amide bonds. The molecule has 0 aliphatic carbocycles. The molecular formula is C19H25N5O3. The van der Waals surface area contributed by atoms with Gasteiger partial charge in [0.25, 0.3) is 5.56 Å². The third-order valence-corrected chi connectivity index (χ3v) is 4.76. The van der Waals surface area contributed by atoms with Crippen LogP contribution in [-0.4, -0.2) is 70.4 Å². The molecule has 1 aromatic heterocycles. The lowest BCUT2D eigenvalue weighted by Crippen LogP contribution is -2.51. The molecule has 1 aliphatic heterocycles. The highest BCUT2D eigenvalue weighted by Gasteiger charge is 2.22. The predicted molar refractivity (Wildman–Crippen MR) is 102 cm³/mol. The summed E-state index contributed by atoms with van der Waals surface area (Å²) >= 11 is 0. The first kappa shape index (κ1) is 19.0. The van der Waals surface area contributed by atoms with Crippen molar-refractivity contribution in [1.82, 2.24) is 24.7 Å². The summed E-state index contributed by atoms with van der Waals surface area (Å²) in [6.07, 6.45) is 1.76. The molecule has 2 heterocycles. The van der Waals surface area contributed by atoms with Gasteiger partial charge in [0.05, 0.1) is 23.8 Å². The average molecular weight is 371 g/mol. The van der Waals surface area contributed by atoms with Crippen molar-refractivity contribution in [1.29, 1.82) is 0 Å². The number of nitrogens with zero attached hydrogens (tertiary/aromatic N) is 4. The predicted octanol–water partition coefficient (Wildman–Crippen LogP) is 0.0669. The van der Waals surface area contributed by atoms with Crippen LogP contribution in [-0.2, 0) is 16.1 Å². The fraction of sp³-hybridized carbons (Fsp3) is 0.474. The van der Waals surface area contributed by atoms with Gasteiger partial charge >= 0.3 is 0 Å². The van der Waals surface area contributed by atoms with E-state index in [1.165, 1.54) is 10.9 Å². The molecule has 1 N–H and O–H groups in total. The van der Waals surface area contributed by atoms with Crippen LogP contribution in [0.15, 0.2) is 35.4 Å². The molecule has 8 nitrogen and oxygen atoms in total. The topological polar surface area (TPSA) is 87.5 Å². The van der Waals surface area contributed by atoms with Gasteiger partial charge in [-0.1, -0.05) is 12.1 Å².